The number of benzene rings is 1. The Morgan fingerprint density at radius 3 is 2.64 bits per heavy atom. The summed E-state index contributed by atoms with van der Waals surface area (Å²) in [4.78, 5) is 2.70. The predicted octanol–water partition coefficient (Wildman–Crippen LogP) is 5.31. The summed E-state index contributed by atoms with van der Waals surface area (Å²) in [5.41, 5.74) is 1.09. The highest BCUT2D eigenvalue weighted by Crippen LogP contribution is 2.34. The van der Waals surface area contributed by atoms with Gasteiger partial charge in [0.05, 0.1) is 18.9 Å². The van der Waals surface area contributed by atoms with Crippen LogP contribution >= 0.6 is 11.8 Å². The number of nitrogens with zero attached hydrogens (tertiary/aromatic N) is 4. The molecule has 0 amide bonds. The van der Waals surface area contributed by atoms with Crippen molar-refractivity contribution in [3.63, 3.8) is 0 Å². The van der Waals surface area contributed by atoms with Gasteiger partial charge in [-0.3, -0.25) is 4.57 Å². The van der Waals surface area contributed by atoms with Crippen LogP contribution in [0, 0.1) is 5.92 Å². The van der Waals surface area contributed by atoms with E-state index in [0.717, 1.165) is 60.0 Å². The maximum atomic E-state index is 5.85. The topological polar surface area (TPSA) is 52.4 Å². The zero-order valence-electron chi connectivity index (χ0n) is 20.0. The summed E-state index contributed by atoms with van der Waals surface area (Å²) in [5, 5.41) is 10.4. The van der Waals surface area contributed by atoms with Gasteiger partial charge in [0, 0.05) is 30.9 Å². The van der Waals surface area contributed by atoms with Crippen molar-refractivity contribution in [2.24, 2.45) is 5.92 Å². The van der Waals surface area contributed by atoms with Gasteiger partial charge in [-0.1, -0.05) is 37.1 Å². The highest BCUT2D eigenvalue weighted by Gasteiger charge is 2.29. The minimum Gasteiger partial charge on any atom is -0.497 e. The van der Waals surface area contributed by atoms with Crippen molar-refractivity contribution in [3.05, 3.63) is 30.1 Å². The molecule has 3 fully saturated rings. The van der Waals surface area contributed by atoms with Crippen LogP contribution in [-0.2, 0) is 4.74 Å². The minimum atomic E-state index is 0.330. The van der Waals surface area contributed by atoms with Gasteiger partial charge in [0.1, 0.15) is 11.6 Å². The molecule has 1 saturated carbocycles. The van der Waals surface area contributed by atoms with Gasteiger partial charge < -0.3 is 14.4 Å². The standard InChI is InChI=1S/C26H38N4O2S/c1-31-23-10-5-9-22(17-23)30-25(27-28-26(30)33-19-24-11-6-16-32-24)21-12-14-29(15-13-21)18-20-7-3-2-4-8-20/h5,9-10,17,20-21,24H,2-4,6-8,11-16,18-19H2,1H3/t24-/m0/s1. The highest BCUT2D eigenvalue weighted by atomic mass is 32.2. The molecule has 3 heterocycles. The molecular formula is C26H38N4O2S. The molecule has 6 nitrogen and oxygen atoms in total. The molecule has 1 atom stereocenters. The summed E-state index contributed by atoms with van der Waals surface area (Å²) < 4.78 is 13.6. The smallest absolute Gasteiger partial charge is 0.195 e. The number of hydrogen-bond acceptors (Lipinski definition) is 6. The third-order valence-electron chi connectivity index (χ3n) is 7.59. The van der Waals surface area contributed by atoms with Crippen LogP contribution in [-0.4, -0.2) is 64.9 Å². The third-order valence-corrected chi connectivity index (χ3v) is 8.65. The number of piperidine rings is 1. The molecule has 0 radical (unpaired) electrons. The van der Waals surface area contributed by atoms with Crippen LogP contribution in [0.25, 0.3) is 5.69 Å². The van der Waals surface area contributed by atoms with E-state index >= 15 is 0 Å². The number of aromatic nitrogens is 3. The van der Waals surface area contributed by atoms with E-state index in [1.807, 2.05) is 6.07 Å². The highest BCUT2D eigenvalue weighted by molar-refractivity contribution is 7.99. The average molecular weight is 471 g/mol. The molecule has 3 aliphatic rings. The summed E-state index contributed by atoms with van der Waals surface area (Å²) in [5.74, 6) is 4.27. The lowest BCUT2D eigenvalue weighted by Gasteiger charge is -2.35. The molecule has 0 spiro atoms. The van der Waals surface area contributed by atoms with Crippen LogP contribution < -0.4 is 4.74 Å². The summed E-state index contributed by atoms with van der Waals surface area (Å²) in [6.45, 7) is 4.52. The first kappa shape index (κ1) is 23.2. The normalized spacial score (nSPS) is 23.2. The molecule has 2 aliphatic heterocycles. The van der Waals surface area contributed by atoms with Crippen LogP contribution in [0.4, 0.5) is 0 Å². The summed E-state index contributed by atoms with van der Waals surface area (Å²) in [6, 6.07) is 8.29. The van der Waals surface area contributed by atoms with E-state index in [4.69, 9.17) is 14.6 Å². The molecule has 33 heavy (non-hydrogen) atoms. The Labute approximate surface area is 202 Å². The van der Waals surface area contributed by atoms with Crippen molar-refractivity contribution in [1.29, 1.82) is 0 Å². The van der Waals surface area contributed by atoms with Gasteiger partial charge in [0.15, 0.2) is 5.16 Å². The van der Waals surface area contributed by atoms with Gasteiger partial charge in [-0.2, -0.15) is 0 Å². The maximum absolute atomic E-state index is 5.85. The van der Waals surface area contributed by atoms with Gasteiger partial charge in [-0.25, -0.2) is 0 Å². The fourth-order valence-electron chi connectivity index (χ4n) is 5.68. The lowest BCUT2D eigenvalue weighted by molar-refractivity contribution is 0.129. The fourth-order valence-corrected chi connectivity index (χ4v) is 6.71. The molecule has 0 N–H and O–H groups in total. The minimum absolute atomic E-state index is 0.330. The zero-order valence-corrected chi connectivity index (χ0v) is 20.8. The largest absolute Gasteiger partial charge is 0.497 e. The second-order valence-corrected chi connectivity index (χ2v) is 10.9. The molecule has 5 rings (SSSR count). The molecule has 180 valence electrons. The summed E-state index contributed by atoms with van der Waals surface area (Å²) >= 11 is 1.77. The van der Waals surface area contributed by atoms with Crippen molar-refractivity contribution in [2.45, 2.75) is 75.0 Å². The monoisotopic (exact) mass is 470 g/mol. The number of methoxy groups -OCH3 is 1. The zero-order chi connectivity index (χ0) is 22.5. The quantitative estimate of drug-likeness (QED) is 0.488. The Hall–Kier alpha value is -1.57. The van der Waals surface area contributed by atoms with Crippen molar-refractivity contribution < 1.29 is 9.47 Å². The number of rotatable bonds is 8. The average Bonchev–Trinajstić information content (AvgIpc) is 3.54. The Morgan fingerprint density at radius 1 is 1.03 bits per heavy atom. The van der Waals surface area contributed by atoms with Crippen LogP contribution in [0.15, 0.2) is 29.4 Å². The van der Waals surface area contributed by atoms with Crippen LogP contribution in [0.2, 0.25) is 0 Å². The van der Waals surface area contributed by atoms with Crippen LogP contribution in [0.5, 0.6) is 5.75 Å². The Balaban J connectivity index is 1.31. The molecule has 0 bridgehead atoms. The van der Waals surface area contributed by atoms with Gasteiger partial charge in [0.2, 0.25) is 0 Å². The number of thioether (sulfide) groups is 1. The molecule has 1 aliphatic carbocycles. The Kier molecular flexibility index (Phi) is 7.89. The number of hydrogen-bond donors (Lipinski definition) is 0. The van der Waals surface area contributed by atoms with E-state index in [0.29, 0.717) is 12.0 Å². The molecule has 0 unspecified atom stereocenters. The molecule has 1 aromatic carbocycles. The number of likely N-dealkylation sites (tertiary alicyclic amines) is 1. The second-order valence-electron chi connectivity index (χ2n) is 9.90. The predicted molar refractivity (Wildman–Crippen MR) is 133 cm³/mol. The van der Waals surface area contributed by atoms with Crippen molar-refractivity contribution >= 4 is 11.8 Å². The molecule has 2 saturated heterocycles. The SMILES string of the molecule is COc1cccc(-n2c(SC[C@@H]3CCCO3)nnc2C2CCN(CC3CCCCC3)CC2)c1. The third kappa shape index (κ3) is 5.75. The molecule has 7 heteroatoms. The lowest BCUT2D eigenvalue weighted by Crippen LogP contribution is -2.37. The van der Waals surface area contributed by atoms with E-state index in [2.05, 4.69) is 32.8 Å². The second kappa shape index (κ2) is 11.2. The summed E-state index contributed by atoms with van der Waals surface area (Å²) in [7, 11) is 1.72. The Bertz CT molecular complexity index is 884. The van der Waals surface area contributed by atoms with Gasteiger partial charge in [0.25, 0.3) is 0 Å². The molecule has 2 aromatic rings. The lowest BCUT2D eigenvalue weighted by atomic mass is 9.88. The first-order chi connectivity index (χ1) is 16.3. The maximum Gasteiger partial charge on any atom is 0.195 e. The molecular weight excluding hydrogens is 432 g/mol. The van der Waals surface area contributed by atoms with Crippen molar-refractivity contribution in [3.8, 4) is 11.4 Å². The summed E-state index contributed by atoms with van der Waals surface area (Å²) in [6.07, 6.45) is 12.1. The fraction of sp³-hybridized carbons (Fsp3) is 0.692. The van der Waals surface area contributed by atoms with Gasteiger partial charge in [-0.05, 0) is 69.7 Å². The van der Waals surface area contributed by atoms with E-state index in [1.165, 1.54) is 58.2 Å². The van der Waals surface area contributed by atoms with Gasteiger partial charge >= 0.3 is 0 Å². The van der Waals surface area contributed by atoms with E-state index in [1.54, 1.807) is 18.9 Å². The van der Waals surface area contributed by atoms with E-state index in [-0.39, 0.29) is 0 Å². The molecule has 1 aromatic heterocycles. The van der Waals surface area contributed by atoms with Crippen LogP contribution in [0.3, 0.4) is 0 Å². The van der Waals surface area contributed by atoms with Crippen LogP contribution in [0.1, 0.15) is 69.5 Å². The van der Waals surface area contributed by atoms with Crippen molar-refractivity contribution in [1.82, 2.24) is 19.7 Å². The first-order valence-corrected chi connectivity index (χ1v) is 13.8. The van der Waals surface area contributed by atoms with Gasteiger partial charge in [-0.15, -0.1) is 10.2 Å². The first-order valence-electron chi connectivity index (χ1n) is 12.9. The van der Waals surface area contributed by atoms with Crippen molar-refractivity contribution in [2.75, 3.05) is 39.1 Å². The van der Waals surface area contributed by atoms with E-state index < -0.39 is 0 Å². The number of ether oxygens (including phenoxy) is 2. The van der Waals surface area contributed by atoms with E-state index in [9.17, 15) is 0 Å². The Morgan fingerprint density at radius 2 is 1.88 bits per heavy atom.